The molecule has 3 aromatic rings. The molecule has 5 rings (SSSR count). The number of nitrogens with zero attached hydrogens (tertiary/aromatic N) is 2. The lowest BCUT2D eigenvalue weighted by atomic mass is 10.0. The SMILES string of the molecule is Clc1ccc(C2=N[C@H](c3ccc(Br)cc3)N3[C@@H]2[C@@H]3c2ccccc2)cc1. The molecule has 4 atom stereocenters. The first kappa shape index (κ1) is 16.2. The van der Waals surface area contributed by atoms with Crippen LogP contribution in [0.3, 0.4) is 0 Å². The van der Waals surface area contributed by atoms with Crippen LogP contribution in [0.1, 0.15) is 28.9 Å². The molecule has 2 aliphatic rings. The smallest absolute Gasteiger partial charge is 0.129 e. The van der Waals surface area contributed by atoms with Crippen molar-refractivity contribution in [2.75, 3.05) is 0 Å². The second-order valence-corrected chi connectivity index (χ2v) is 8.05. The summed E-state index contributed by atoms with van der Waals surface area (Å²) in [7, 11) is 0. The van der Waals surface area contributed by atoms with Gasteiger partial charge < -0.3 is 0 Å². The minimum atomic E-state index is 0.0592. The van der Waals surface area contributed by atoms with E-state index in [2.05, 4.69) is 87.6 Å². The number of hydrogen-bond acceptors (Lipinski definition) is 2. The number of hydrogen-bond donors (Lipinski definition) is 0. The number of benzene rings is 3. The van der Waals surface area contributed by atoms with Gasteiger partial charge in [-0.2, -0.15) is 0 Å². The van der Waals surface area contributed by atoms with Crippen molar-refractivity contribution in [2.45, 2.75) is 18.2 Å². The molecule has 0 amide bonds. The van der Waals surface area contributed by atoms with Crippen LogP contribution in [0.15, 0.2) is 88.3 Å². The second kappa shape index (κ2) is 6.34. The van der Waals surface area contributed by atoms with E-state index in [4.69, 9.17) is 16.6 Å². The lowest BCUT2D eigenvalue weighted by Gasteiger charge is -2.14. The summed E-state index contributed by atoms with van der Waals surface area (Å²) in [6.45, 7) is 0. The fourth-order valence-electron chi connectivity index (χ4n) is 3.87. The molecule has 0 aromatic heterocycles. The summed E-state index contributed by atoms with van der Waals surface area (Å²) in [5.74, 6) is 0. The third-order valence-corrected chi connectivity index (χ3v) is 5.91. The van der Waals surface area contributed by atoms with E-state index in [1.807, 2.05) is 12.1 Å². The average Bonchev–Trinajstić information content (AvgIpc) is 3.29. The standard InChI is InChI=1S/C22H16BrClN2/c23-17-10-6-16(7-11-17)22-25-19(14-8-12-18(24)13-9-14)21-20(26(21)22)15-4-2-1-3-5-15/h1-13,20-22H/t20-,21-,22-,26?/m0/s1. The van der Waals surface area contributed by atoms with E-state index >= 15 is 0 Å². The number of halogens is 2. The zero-order chi connectivity index (χ0) is 17.7. The molecular weight excluding hydrogens is 408 g/mol. The molecule has 0 N–H and O–H groups in total. The normalized spacial score (nSPS) is 26.3. The molecule has 26 heavy (non-hydrogen) atoms. The molecular formula is C22H16BrClN2. The lowest BCUT2D eigenvalue weighted by molar-refractivity contribution is 0.404. The second-order valence-electron chi connectivity index (χ2n) is 6.69. The van der Waals surface area contributed by atoms with Gasteiger partial charge in [-0.15, -0.1) is 0 Å². The minimum Gasteiger partial charge on any atom is -0.263 e. The summed E-state index contributed by atoms with van der Waals surface area (Å²) in [5, 5.41) is 0.754. The highest BCUT2D eigenvalue weighted by molar-refractivity contribution is 9.10. The zero-order valence-corrected chi connectivity index (χ0v) is 16.2. The summed E-state index contributed by atoms with van der Waals surface area (Å²) in [6, 6.07) is 27.9. The number of aliphatic imine (C=N–C) groups is 1. The molecule has 0 bridgehead atoms. The monoisotopic (exact) mass is 422 g/mol. The Balaban J connectivity index is 1.56. The van der Waals surface area contributed by atoms with Crippen molar-refractivity contribution in [3.63, 3.8) is 0 Å². The van der Waals surface area contributed by atoms with Gasteiger partial charge in [0.15, 0.2) is 0 Å². The van der Waals surface area contributed by atoms with Crippen molar-refractivity contribution < 1.29 is 0 Å². The highest BCUT2D eigenvalue weighted by Crippen LogP contribution is 2.55. The lowest BCUT2D eigenvalue weighted by Crippen LogP contribution is -2.08. The molecule has 1 saturated heterocycles. The Labute approximate surface area is 166 Å². The summed E-state index contributed by atoms with van der Waals surface area (Å²) >= 11 is 9.60. The Bertz CT molecular complexity index is 967. The molecule has 0 aliphatic carbocycles. The summed E-state index contributed by atoms with van der Waals surface area (Å²) < 4.78 is 1.09. The maximum absolute atomic E-state index is 6.07. The van der Waals surface area contributed by atoms with Crippen LogP contribution in [0.25, 0.3) is 0 Å². The number of rotatable bonds is 3. The van der Waals surface area contributed by atoms with E-state index in [0.717, 1.165) is 20.8 Å². The Morgan fingerprint density at radius 1 is 0.769 bits per heavy atom. The first-order valence-corrected chi connectivity index (χ1v) is 9.81. The van der Waals surface area contributed by atoms with Crippen LogP contribution in [0.5, 0.6) is 0 Å². The third kappa shape index (κ3) is 2.71. The van der Waals surface area contributed by atoms with E-state index in [0.29, 0.717) is 12.1 Å². The van der Waals surface area contributed by atoms with Crippen LogP contribution >= 0.6 is 27.5 Å². The zero-order valence-electron chi connectivity index (χ0n) is 13.9. The molecule has 0 spiro atoms. The fourth-order valence-corrected chi connectivity index (χ4v) is 4.26. The van der Waals surface area contributed by atoms with Gasteiger partial charge >= 0.3 is 0 Å². The predicted octanol–water partition coefficient (Wildman–Crippen LogP) is 6.03. The van der Waals surface area contributed by atoms with Crippen LogP contribution in [0.2, 0.25) is 5.02 Å². The maximum Gasteiger partial charge on any atom is 0.129 e. The molecule has 4 heteroatoms. The van der Waals surface area contributed by atoms with Crippen molar-refractivity contribution in [3.05, 3.63) is 105 Å². The van der Waals surface area contributed by atoms with E-state index in [1.54, 1.807) is 0 Å². The molecule has 2 aliphatic heterocycles. The Kier molecular flexibility index (Phi) is 3.96. The largest absolute Gasteiger partial charge is 0.263 e. The van der Waals surface area contributed by atoms with E-state index < -0.39 is 0 Å². The van der Waals surface area contributed by atoms with E-state index in [9.17, 15) is 0 Å². The predicted molar refractivity (Wildman–Crippen MR) is 110 cm³/mol. The molecule has 0 radical (unpaired) electrons. The van der Waals surface area contributed by atoms with E-state index in [-0.39, 0.29) is 6.17 Å². The van der Waals surface area contributed by atoms with Crippen LogP contribution in [0, 0.1) is 0 Å². The van der Waals surface area contributed by atoms with Gasteiger partial charge in [0.05, 0.1) is 17.8 Å². The van der Waals surface area contributed by atoms with Crippen LogP contribution in [0.4, 0.5) is 0 Å². The van der Waals surface area contributed by atoms with Crippen LogP contribution in [-0.4, -0.2) is 16.7 Å². The summed E-state index contributed by atoms with van der Waals surface area (Å²) in [5.41, 5.74) is 4.88. The van der Waals surface area contributed by atoms with Gasteiger partial charge in [-0.05, 0) is 41.0 Å². The fraction of sp³-hybridized carbons (Fsp3) is 0.136. The van der Waals surface area contributed by atoms with Crippen molar-refractivity contribution in [1.82, 2.24) is 4.90 Å². The van der Waals surface area contributed by atoms with Crippen molar-refractivity contribution in [2.24, 2.45) is 4.99 Å². The summed E-state index contributed by atoms with van der Waals surface area (Å²) in [6.07, 6.45) is 0.0592. The Morgan fingerprint density at radius 3 is 2.15 bits per heavy atom. The van der Waals surface area contributed by atoms with Gasteiger partial charge in [0.25, 0.3) is 0 Å². The van der Waals surface area contributed by atoms with Crippen molar-refractivity contribution in [3.8, 4) is 0 Å². The molecule has 1 fully saturated rings. The molecule has 3 aromatic carbocycles. The Hall–Kier alpha value is -1.94. The van der Waals surface area contributed by atoms with Crippen molar-refractivity contribution >= 4 is 33.2 Å². The van der Waals surface area contributed by atoms with E-state index in [1.165, 1.54) is 11.1 Å². The topological polar surface area (TPSA) is 15.4 Å². The molecule has 128 valence electrons. The highest BCUT2D eigenvalue weighted by atomic mass is 79.9. The molecule has 2 heterocycles. The van der Waals surface area contributed by atoms with Crippen molar-refractivity contribution in [1.29, 1.82) is 0 Å². The minimum absolute atomic E-state index is 0.0592. The average molecular weight is 424 g/mol. The molecule has 1 unspecified atom stereocenters. The van der Waals surface area contributed by atoms with Gasteiger partial charge in [0.1, 0.15) is 6.17 Å². The summed E-state index contributed by atoms with van der Waals surface area (Å²) in [4.78, 5) is 7.57. The Morgan fingerprint density at radius 2 is 1.46 bits per heavy atom. The maximum atomic E-state index is 6.07. The highest BCUT2D eigenvalue weighted by Gasteiger charge is 2.59. The van der Waals surface area contributed by atoms with Gasteiger partial charge in [-0.1, -0.05) is 82.1 Å². The van der Waals surface area contributed by atoms with Crippen LogP contribution < -0.4 is 0 Å². The first-order chi connectivity index (χ1) is 12.7. The first-order valence-electron chi connectivity index (χ1n) is 8.64. The van der Waals surface area contributed by atoms with Gasteiger partial charge in [-0.25, -0.2) is 0 Å². The van der Waals surface area contributed by atoms with Crippen LogP contribution in [-0.2, 0) is 0 Å². The quantitative estimate of drug-likeness (QED) is 0.470. The third-order valence-electron chi connectivity index (χ3n) is 5.12. The molecule has 2 nitrogen and oxygen atoms in total. The van der Waals surface area contributed by atoms with Gasteiger partial charge in [0.2, 0.25) is 0 Å². The van der Waals surface area contributed by atoms with Gasteiger partial charge in [-0.3, -0.25) is 9.89 Å². The molecule has 0 saturated carbocycles. The van der Waals surface area contributed by atoms with Gasteiger partial charge in [0, 0.05) is 9.50 Å². The number of fused-ring (bicyclic) bond motifs is 1.